The second-order valence-corrected chi connectivity index (χ2v) is 6.01. The summed E-state index contributed by atoms with van der Waals surface area (Å²) in [7, 11) is 1.60. The lowest BCUT2D eigenvalue weighted by Crippen LogP contribution is -2.33. The lowest BCUT2D eigenvalue weighted by molar-refractivity contribution is 0.0724. The highest BCUT2D eigenvalue weighted by Gasteiger charge is 2.21. The molecule has 2 rings (SSSR count). The van der Waals surface area contributed by atoms with Gasteiger partial charge in [0.05, 0.1) is 12.3 Å². The van der Waals surface area contributed by atoms with Crippen molar-refractivity contribution in [2.24, 2.45) is 0 Å². The number of rotatable bonds is 6. The molecule has 112 valence electrons. The number of nitrogens with two attached hydrogens (primary N) is 1. The summed E-state index contributed by atoms with van der Waals surface area (Å²) < 4.78 is 5.95. The monoisotopic (exact) mass is 324 g/mol. The number of amides is 1. The Balaban J connectivity index is 2.36. The number of ether oxygens (including phenoxy) is 1. The Hall–Kier alpha value is -1.56. The maximum absolute atomic E-state index is 12.6. The van der Waals surface area contributed by atoms with E-state index in [2.05, 4.69) is 6.58 Å². The van der Waals surface area contributed by atoms with Crippen molar-refractivity contribution in [1.29, 1.82) is 0 Å². The zero-order valence-corrected chi connectivity index (χ0v) is 13.3. The Kier molecular flexibility index (Phi) is 5.22. The quantitative estimate of drug-likeness (QED) is 0.828. The van der Waals surface area contributed by atoms with Gasteiger partial charge in [-0.1, -0.05) is 17.7 Å². The van der Waals surface area contributed by atoms with E-state index >= 15 is 0 Å². The lowest BCUT2D eigenvalue weighted by atomic mass is 10.2. The fourth-order valence-corrected chi connectivity index (χ4v) is 3.39. The second kappa shape index (κ2) is 6.93. The van der Waals surface area contributed by atoms with Gasteiger partial charge in [0.1, 0.15) is 4.88 Å². The van der Waals surface area contributed by atoms with E-state index in [9.17, 15) is 4.79 Å². The number of thiophene rings is 1. The molecule has 2 aromatic rings. The van der Waals surface area contributed by atoms with E-state index in [0.717, 1.165) is 10.1 Å². The Morgan fingerprint density at radius 2 is 2.33 bits per heavy atom. The van der Waals surface area contributed by atoms with Crippen LogP contribution in [-0.4, -0.2) is 37.6 Å². The number of nitrogen functional groups attached to an aromatic ring is 1. The maximum atomic E-state index is 12.6. The third-order valence-electron chi connectivity index (χ3n) is 3.09. The largest absolute Gasteiger partial charge is 0.397 e. The number of benzene rings is 1. The van der Waals surface area contributed by atoms with Gasteiger partial charge in [0.2, 0.25) is 0 Å². The molecule has 6 heteroatoms. The van der Waals surface area contributed by atoms with Crippen LogP contribution >= 0.6 is 22.9 Å². The van der Waals surface area contributed by atoms with Crippen molar-refractivity contribution in [3.05, 3.63) is 40.8 Å². The number of halogens is 1. The van der Waals surface area contributed by atoms with Gasteiger partial charge in [-0.2, -0.15) is 0 Å². The molecule has 0 aliphatic carbocycles. The first-order chi connectivity index (χ1) is 10.1. The van der Waals surface area contributed by atoms with Crippen molar-refractivity contribution in [2.75, 3.05) is 32.5 Å². The summed E-state index contributed by atoms with van der Waals surface area (Å²) in [4.78, 5) is 14.8. The fraction of sp³-hybridized carbons (Fsp3) is 0.267. The first-order valence-corrected chi connectivity index (χ1v) is 7.64. The van der Waals surface area contributed by atoms with Crippen LogP contribution in [0.25, 0.3) is 10.1 Å². The van der Waals surface area contributed by atoms with Crippen molar-refractivity contribution < 1.29 is 9.53 Å². The van der Waals surface area contributed by atoms with Crippen LogP contribution in [-0.2, 0) is 4.74 Å². The van der Waals surface area contributed by atoms with E-state index in [1.807, 2.05) is 12.1 Å². The molecular formula is C15H17ClN2O2S. The van der Waals surface area contributed by atoms with Crippen LogP contribution in [0.1, 0.15) is 9.67 Å². The molecule has 0 unspecified atom stereocenters. The van der Waals surface area contributed by atoms with Crippen molar-refractivity contribution in [3.8, 4) is 0 Å². The molecule has 21 heavy (non-hydrogen) atoms. The van der Waals surface area contributed by atoms with Gasteiger partial charge in [-0.15, -0.1) is 17.9 Å². The normalized spacial score (nSPS) is 10.8. The first kappa shape index (κ1) is 15.8. The lowest BCUT2D eigenvalue weighted by Gasteiger charge is -2.20. The number of carbonyl (C=O) groups excluding carboxylic acids is 1. The Morgan fingerprint density at radius 1 is 1.57 bits per heavy atom. The van der Waals surface area contributed by atoms with E-state index in [0.29, 0.717) is 35.3 Å². The Labute approximate surface area is 132 Å². The summed E-state index contributed by atoms with van der Waals surface area (Å²) in [6.45, 7) is 5.10. The van der Waals surface area contributed by atoms with Crippen LogP contribution < -0.4 is 5.73 Å². The molecule has 0 saturated heterocycles. The first-order valence-electron chi connectivity index (χ1n) is 6.45. The van der Waals surface area contributed by atoms with Gasteiger partial charge in [-0.25, -0.2) is 0 Å². The summed E-state index contributed by atoms with van der Waals surface area (Å²) in [6.07, 6.45) is 1.69. The van der Waals surface area contributed by atoms with E-state index in [1.165, 1.54) is 11.3 Å². The molecule has 1 aromatic heterocycles. The summed E-state index contributed by atoms with van der Waals surface area (Å²) in [5.41, 5.74) is 6.62. The van der Waals surface area contributed by atoms with Crippen LogP contribution in [0.3, 0.4) is 0 Å². The number of nitrogens with zero attached hydrogens (tertiary/aromatic N) is 1. The predicted octanol–water partition coefficient (Wildman–Crippen LogP) is 3.41. The van der Waals surface area contributed by atoms with Gasteiger partial charge in [0.25, 0.3) is 5.91 Å². The molecular weight excluding hydrogens is 308 g/mol. The summed E-state index contributed by atoms with van der Waals surface area (Å²) in [5.74, 6) is -0.109. The van der Waals surface area contributed by atoms with Crippen LogP contribution in [0.15, 0.2) is 30.9 Å². The highest BCUT2D eigenvalue weighted by atomic mass is 35.5. The molecule has 4 nitrogen and oxygen atoms in total. The van der Waals surface area contributed by atoms with E-state index in [-0.39, 0.29) is 5.91 Å². The Bertz CT molecular complexity index is 669. The van der Waals surface area contributed by atoms with Crippen molar-refractivity contribution in [3.63, 3.8) is 0 Å². The van der Waals surface area contributed by atoms with Crippen LogP contribution in [0, 0.1) is 0 Å². The van der Waals surface area contributed by atoms with Crippen molar-refractivity contribution in [2.45, 2.75) is 0 Å². The van der Waals surface area contributed by atoms with Crippen molar-refractivity contribution >= 4 is 44.6 Å². The number of carbonyl (C=O) groups is 1. The van der Waals surface area contributed by atoms with E-state index < -0.39 is 0 Å². The van der Waals surface area contributed by atoms with Crippen molar-refractivity contribution in [1.82, 2.24) is 4.90 Å². The van der Waals surface area contributed by atoms with Gasteiger partial charge in [-0.05, 0) is 18.2 Å². The number of hydrogen-bond acceptors (Lipinski definition) is 4. The average Bonchev–Trinajstić information content (AvgIpc) is 2.79. The molecule has 2 N–H and O–H groups in total. The molecule has 1 amide bonds. The summed E-state index contributed by atoms with van der Waals surface area (Å²) in [6, 6.07) is 5.43. The van der Waals surface area contributed by atoms with Gasteiger partial charge in [0.15, 0.2) is 0 Å². The highest BCUT2D eigenvalue weighted by molar-refractivity contribution is 7.21. The highest BCUT2D eigenvalue weighted by Crippen LogP contribution is 2.35. The third-order valence-corrected chi connectivity index (χ3v) is 4.48. The zero-order valence-electron chi connectivity index (χ0n) is 11.8. The third kappa shape index (κ3) is 3.37. The SMILES string of the molecule is C=CCN(CCOC)C(=O)c1sc2cc(Cl)ccc2c1N. The van der Waals surface area contributed by atoms with Crippen LogP contribution in [0.2, 0.25) is 5.02 Å². The maximum Gasteiger partial charge on any atom is 0.266 e. The van der Waals surface area contributed by atoms with Gasteiger partial charge < -0.3 is 15.4 Å². The van der Waals surface area contributed by atoms with E-state index in [1.54, 1.807) is 24.2 Å². The predicted molar refractivity (Wildman–Crippen MR) is 89.2 cm³/mol. The number of hydrogen-bond donors (Lipinski definition) is 1. The summed E-state index contributed by atoms with van der Waals surface area (Å²) >= 11 is 7.34. The molecule has 0 aliphatic heterocycles. The minimum atomic E-state index is -0.109. The Morgan fingerprint density at radius 3 is 3.00 bits per heavy atom. The summed E-state index contributed by atoms with van der Waals surface area (Å²) in [5, 5.41) is 1.49. The molecule has 1 aromatic carbocycles. The second-order valence-electron chi connectivity index (χ2n) is 4.52. The molecule has 0 radical (unpaired) electrons. The fourth-order valence-electron chi connectivity index (χ4n) is 2.03. The molecule has 0 bridgehead atoms. The molecule has 0 fully saturated rings. The molecule has 0 spiro atoms. The minimum absolute atomic E-state index is 0.109. The van der Waals surface area contributed by atoms with Gasteiger partial charge in [-0.3, -0.25) is 4.79 Å². The molecule has 0 atom stereocenters. The number of fused-ring (bicyclic) bond motifs is 1. The van der Waals surface area contributed by atoms with Crippen LogP contribution in [0.4, 0.5) is 5.69 Å². The number of anilines is 1. The standard InChI is InChI=1S/C15H17ClN2O2S/c1-3-6-18(7-8-20-2)15(19)14-13(17)11-5-4-10(16)9-12(11)21-14/h3-5,9H,1,6-8,17H2,2H3. The van der Waals surface area contributed by atoms with Gasteiger partial charge >= 0.3 is 0 Å². The molecule has 1 heterocycles. The molecule has 0 aliphatic rings. The minimum Gasteiger partial charge on any atom is -0.397 e. The van der Waals surface area contributed by atoms with E-state index in [4.69, 9.17) is 22.1 Å². The topological polar surface area (TPSA) is 55.6 Å². The molecule has 0 saturated carbocycles. The van der Waals surface area contributed by atoms with Gasteiger partial charge in [0, 0.05) is 35.3 Å². The average molecular weight is 325 g/mol. The van der Waals surface area contributed by atoms with Crippen LogP contribution in [0.5, 0.6) is 0 Å². The smallest absolute Gasteiger partial charge is 0.266 e. The number of methoxy groups -OCH3 is 1. The zero-order chi connectivity index (χ0) is 15.4.